The number of carboxylic acids is 1. The number of carbonyl (C=O) groups is 1. The molecule has 0 bridgehead atoms. The normalized spacial score (nSPS) is 11.1. The molecule has 0 spiro atoms. The Morgan fingerprint density at radius 3 is 2.29 bits per heavy atom. The second-order valence-electron chi connectivity index (χ2n) is 4.40. The largest absolute Gasteiger partial charge is 0.478 e. The van der Waals surface area contributed by atoms with E-state index < -0.39 is 16.0 Å². The Kier molecular flexibility index (Phi) is 4.34. The molecule has 5 nitrogen and oxygen atoms in total. The Morgan fingerprint density at radius 1 is 1.14 bits per heavy atom. The van der Waals surface area contributed by atoms with Crippen molar-refractivity contribution < 1.29 is 18.3 Å². The van der Waals surface area contributed by atoms with E-state index >= 15 is 0 Å². The van der Waals surface area contributed by atoms with E-state index in [0.29, 0.717) is 5.69 Å². The number of hydrogen-bond donors (Lipinski definition) is 2. The molecule has 21 heavy (non-hydrogen) atoms. The average Bonchev–Trinajstić information content (AvgIpc) is 2.42. The van der Waals surface area contributed by atoms with Crippen molar-refractivity contribution in [1.29, 1.82) is 0 Å². The van der Waals surface area contributed by atoms with Gasteiger partial charge in [-0.3, -0.25) is 4.72 Å². The van der Waals surface area contributed by atoms with Gasteiger partial charge in [0.15, 0.2) is 0 Å². The number of nitrogens with one attached hydrogen (secondary N) is 1. The monoisotopic (exact) mass is 369 g/mol. The predicted molar refractivity (Wildman–Crippen MR) is 83.1 cm³/mol. The fourth-order valence-corrected chi connectivity index (χ4v) is 3.07. The lowest BCUT2D eigenvalue weighted by molar-refractivity contribution is 0.0697. The zero-order valence-corrected chi connectivity index (χ0v) is 13.4. The number of hydrogen-bond acceptors (Lipinski definition) is 3. The highest BCUT2D eigenvalue weighted by Crippen LogP contribution is 2.22. The van der Waals surface area contributed by atoms with Crippen molar-refractivity contribution in [3.8, 4) is 0 Å². The zero-order valence-electron chi connectivity index (χ0n) is 11.0. The minimum atomic E-state index is -3.70. The Labute approximate surface area is 130 Å². The number of rotatable bonds is 4. The summed E-state index contributed by atoms with van der Waals surface area (Å²) in [4.78, 5) is 10.9. The first-order valence-corrected chi connectivity index (χ1v) is 8.19. The number of halogens is 1. The van der Waals surface area contributed by atoms with Gasteiger partial charge in [-0.1, -0.05) is 15.9 Å². The molecule has 0 fully saturated rings. The second-order valence-corrected chi connectivity index (χ2v) is 6.94. The molecule has 0 aliphatic carbocycles. The van der Waals surface area contributed by atoms with Crippen LogP contribution in [0.1, 0.15) is 15.9 Å². The number of benzene rings is 2. The summed E-state index contributed by atoms with van der Waals surface area (Å²) in [5, 5.41) is 8.80. The van der Waals surface area contributed by atoms with Gasteiger partial charge in [-0.05, 0) is 55.0 Å². The maximum atomic E-state index is 12.2. The van der Waals surface area contributed by atoms with Crippen molar-refractivity contribution in [2.75, 3.05) is 4.72 Å². The van der Waals surface area contributed by atoms with Crippen molar-refractivity contribution >= 4 is 37.6 Å². The molecule has 110 valence electrons. The average molecular weight is 370 g/mol. The number of sulfonamides is 1. The van der Waals surface area contributed by atoms with Crippen LogP contribution in [0.3, 0.4) is 0 Å². The summed E-state index contributed by atoms with van der Waals surface area (Å²) in [5.74, 6) is -1.06. The Balaban J connectivity index is 2.28. The van der Waals surface area contributed by atoms with Gasteiger partial charge in [0.2, 0.25) is 0 Å². The smallest absolute Gasteiger partial charge is 0.335 e. The molecular weight excluding hydrogens is 358 g/mol. The van der Waals surface area contributed by atoms with Gasteiger partial charge in [0.1, 0.15) is 0 Å². The van der Waals surface area contributed by atoms with Crippen LogP contribution in [0.5, 0.6) is 0 Å². The molecule has 0 saturated carbocycles. The predicted octanol–water partition coefficient (Wildman–Crippen LogP) is 3.26. The molecule has 2 N–H and O–H groups in total. The first kappa shape index (κ1) is 15.5. The van der Waals surface area contributed by atoms with Crippen molar-refractivity contribution in [1.82, 2.24) is 0 Å². The SMILES string of the molecule is Cc1cc(S(=O)(=O)Nc2ccc(C(=O)O)cc2)ccc1Br. The molecule has 0 amide bonds. The summed E-state index contributed by atoms with van der Waals surface area (Å²) in [5.41, 5.74) is 1.21. The molecule has 0 aliphatic heterocycles. The maximum Gasteiger partial charge on any atom is 0.335 e. The number of aryl methyl sites for hydroxylation is 1. The highest BCUT2D eigenvalue weighted by molar-refractivity contribution is 9.10. The third-order valence-electron chi connectivity index (χ3n) is 2.82. The summed E-state index contributed by atoms with van der Waals surface area (Å²) < 4.78 is 27.7. The third kappa shape index (κ3) is 3.62. The molecule has 2 rings (SSSR count). The highest BCUT2D eigenvalue weighted by Gasteiger charge is 2.15. The van der Waals surface area contributed by atoms with E-state index in [1.54, 1.807) is 19.1 Å². The minimum Gasteiger partial charge on any atom is -0.478 e. The number of carboxylic acid groups (broad SMARTS) is 1. The van der Waals surface area contributed by atoms with Crippen LogP contribution in [0.4, 0.5) is 5.69 Å². The molecule has 7 heteroatoms. The molecular formula is C14H12BrNO4S. The minimum absolute atomic E-state index is 0.0948. The quantitative estimate of drug-likeness (QED) is 0.866. The summed E-state index contributed by atoms with van der Waals surface area (Å²) in [7, 11) is -3.70. The van der Waals surface area contributed by atoms with Crippen LogP contribution in [0, 0.1) is 6.92 Å². The fraction of sp³-hybridized carbons (Fsp3) is 0.0714. The van der Waals surface area contributed by atoms with Gasteiger partial charge in [-0.25, -0.2) is 13.2 Å². The first-order valence-electron chi connectivity index (χ1n) is 5.92. The summed E-state index contributed by atoms with van der Waals surface area (Å²) in [6.45, 7) is 1.80. The first-order chi connectivity index (χ1) is 9.79. The van der Waals surface area contributed by atoms with Gasteiger partial charge in [-0.15, -0.1) is 0 Å². The van der Waals surface area contributed by atoms with Crippen LogP contribution >= 0.6 is 15.9 Å². The zero-order chi connectivity index (χ0) is 15.6. The topological polar surface area (TPSA) is 83.5 Å². The Hall–Kier alpha value is -1.86. The van der Waals surface area contributed by atoms with E-state index in [1.165, 1.54) is 30.3 Å². The number of aromatic carboxylic acids is 1. The summed E-state index contributed by atoms with van der Waals surface area (Å²) >= 11 is 3.31. The summed E-state index contributed by atoms with van der Waals surface area (Å²) in [6.07, 6.45) is 0. The van der Waals surface area contributed by atoms with Crippen LogP contribution < -0.4 is 4.72 Å². The highest BCUT2D eigenvalue weighted by atomic mass is 79.9. The summed E-state index contributed by atoms with van der Waals surface area (Å²) in [6, 6.07) is 10.2. The van der Waals surface area contributed by atoms with Crippen LogP contribution in [0.2, 0.25) is 0 Å². The molecule has 0 aromatic heterocycles. The van der Waals surface area contributed by atoms with E-state index in [-0.39, 0.29) is 10.5 Å². The lowest BCUT2D eigenvalue weighted by Gasteiger charge is -2.09. The van der Waals surface area contributed by atoms with E-state index in [4.69, 9.17) is 5.11 Å². The van der Waals surface area contributed by atoms with Crippen LogP contribution in [-0.2, 0) is 10.0 Å². The molecule has 0 radical (unpaired) electrons. The van der Waals surface area contributed by atoms with Gasteiger partial charge >= 0.3 is 5.97 Å². The van der Waals surface area contributed by atoms with Crippen LogP contribution in [0.25, 0.3) is 0 Å². The van der Waals surface area contributed by atoms with Gasteiger partial charge in [-0.2, -0.15) is 0 Å². The Bertz CT molecular complexity index is 785. The molecule has 0 unspecified atom stereocenters. The number of anilines is 1. The van der Waals surface area contributed by atoms with Crippen molar-refractivity contribution in [3.05, 3.63) is 58.1 Å². The van der Waals surface area contributed by atoms with Gasteiger partial charge in [0.05, 0.1) is 10.5 Å². The standard InChI is InChI=1S/C14H12BrNO4S/c1-9-8-12(6-7-13(9)15)21(19,20)16-11-4-2-10(3-5-11)14(17)18/h2-8,16H,1H3,(H,17,18). The van der Waals surface area contributed by atoms with E-state index in [1.807, 2.05) is 0 Å². The lowest BCUT2D eigenvalue weighted by atomic mass is 10.2. The molecule has 0 aliphatic rings. The molecule has 2 aromatic rings. The molecule has 0 saturated heterocycles. The second kappa shape index (κ2) is 5.87. The van der Waals surface area contributed by atoms with Crippen LogP contribution in [0.15, 0.2) is 51.8 Å². The third-order valence-corrected chi connectivity index (χ3v) is 5.09. The van der Waals surface area contributed by atoms with Crippen molar-refractivity contribution in [2.24, 2.45) is 0 Å². The van der Waals surface area contributed by atoms with E-state index in [0.717, 1.165) is 10.0 Å². The van der Waals surface area contributed by atoms with Crippen molar-refractivity contribution in [2.45, 2.75) is 11.8 Å². The Morgan fingerprint density at radius 2 is 1.76 bits per heavy atom. The van der Waals surface area contributed by atoms with Gasteiger partial charge in [0, 0.05) is 10.2 Å². The van der Waals surface area contributed by atoms with E-state index in [2.05, 4.69) is 20.7 Å². The lowest BCUT2D eigenvalue weighted by Crippen LogP contribution is -2.13. The molecule has 0 heterocycles. The maximum absolute atomic E-state index is 12.2. The van der Waals surface area contributed by atoms with Gasteiger partial charge in [0.25, 0.3) is 10.0 Å². The van der Waals surface area contributed by atoms with E-state index in [9.17, 15) is 13.2 Å². The molecule has 2 aromatic carbocycles. The van der Waals surface area contributed by atoms with Crippen molar-refractivity contribution in [3.63, 3.8) is 0 Å². The molecule has 0 atom stereocenters. The van der Waals surface area contributed by atoms with Gasteiger partial charge < -0.3 is 5.11 Å². The van der Waals surface area contributed by atoms with Crippen LogP contribution in [-0.4, -0.2) is 19.5 Å². The fourth-order valence-electron chi connectivity index (χ4n) is 1.68.